The zero-order chi connectivity index (χ0) is 13.8. The van der Waals surface area contributed by atoms with Gasteiger partial charge in [0, 0.05) is 25.2 Å². The van der Waals surface area contributed by atoms with E-state index in [0.717, 1.165) is 26.3 Å². The Kier molecular flexibility index (Phi) is 6.08. The Bertz CT molecular complexity index is 276. The first-order valence-corrected chi connectivity index (χ1v) is 7.51. The number of carbonyl (C=O) groups excluding carboxylic acids is 1. The maximum absolute atomic E-state index is 11.9. The fourth-order valence-corrected chi connectivity index (χ4v) is 2.15. The van der Waals surface area contributed by atoms with Crippen molar-refractivity contribution in [1.82, 2.24) is 10.2 Å². The molecule has 5 heteroatoms. The van der Waals surface area contributed by atoms with E-state index in [-0.39, 0.29) is 16.3 Å². The number of hydrogen-bond donors (Lipinski definition) is 1. The minimum atomic E-state index is -0.113. The third-order valence-corrected chi connectivity index (χ3v) is 4.87. The Morgan fingerprint density at radius 3 is 2.44 bits per heavy atom. The molecule has 1 unspecified atom stereocenters. The molecule has 1 N–H and O–H groups in total. The fraction of sp³-hybridized carbons (Fsp3) is 0.923. The van der Waals surface area contributed by atoms with Crippen molar-refractivity contribution in [2.75, 3.05) is 32.8 Å². The zero-order valence-electron chi connectivity index (χ0n) is 11.8. The van der Waals surface area contributed by atoms with Gasteiger partial charge in [-0.3, -0.25) is 9.69 Å². The summed E-state index contributed by atoms with van der Waals surface area (Å²) in [6.45, 7) is 12.5. The van der Waals surface area contributed by atoms with Gasteiger partial charge >= 0.3 is 0 Å². The number of alkyl halides is 1. The van der Waals surface area contributed by atoms with Crippen LogP contribution >= 0.6 is 15.9 Å². The maximum Gasteiger partial charge on any atom is 0.234 e. The van der Waals surface area contributed by atoms with E-state index in [1.165, 1.54) is 0 Å². The average Bonchev–Trinajstić information content (AvgIpc) is 2.36. The highest BCUT2D eigenvalue weighted by Gasteiger charge is 2.29. The lowest BCUT2D eigenvalue weighted by Crippen LogP contribution is -2.56. The molecule has 106 valence electrons. The molecule has 1 aliphatic heterocycles. The van der Waals surface area contributed by atoms with Gasteiger partial charge in [-0.25, -0.2) is 0 Å². The lowest BCUT2D eigenvalue weighted by atomic mass is 10.0. The van der Waals surface area contributed by atoms with Gasteiger partial charge in [0.1, 0.15) is 0 Å². The van der Waals surface area contributed by atoms with Crippen LogP contribution in [0.1, 0.15) is 27.7 Å². The number of rotatable bonds is 5. The highest BCUT2D eigenvalue weighted by atomic mass is 79.9. The molecule has 0 aromatic rings. The quantitative estimate of drug-likeness (QED) is 0.783. The Hall–Kier alpha value is -0.130. The number of nitrogens with zero attached hydrogens (tertiary/aromatic N) is 1. The summed E-state index contributed by atoms with van der Waals surface area (Å²) in [4.78, 5) is 14.2. The molecule has 0 aliphatic carbocycles. The van der Waals surface area contributed by atoms with Crippen LogP contribution in [0.25, 0.3) is 0 Å². The van der Waals surface area contributed by atoms with Crippen LogP contribution in [0, 0.1) is 5.92 Å². The van der Waals surface area contributed by atoms with Gasteiger partial charge in [-0.2, -0.15) is 0 Å². The van der Waals surface area contributed by atoms with E-state index >= 15 is 0 Å². The molecule has 1 rings (SSSR count). The molecule has 1 fully saturated rings. The molecule has 0 radical (unpaired) electrons. The standard InChI is InChI=1S/C13H25BrN2O2/c1-10(2)11(14)12(17)15-9-13(3,4)16-5-7-18-8-6-16/h10-11H,5-9H2,1-4H3,(H,15,17). The second kappa shape index (κ2) is 6.87. The van der Waals surface area contributed by atoms with Gasteiger partial charge in [0.2, 0.25) is 5.91 Å². The molecular formula is C13H25BrN2O2. The third kappa shape index (κ3) is 4.52. The van der Waals surface area contributed by atoms with Gasteiger partial charge in [-0.05, 0) is 19.8 Å². The summed E-state index contributed by atoms with van der Waals surface area (Å²) in [5.41, 5.74) is -0.0247. The molecule has 1 heterocycles. The smallest absolute Gasteiger partial charge is 0.234 e. The van der Waals surface area contributed by atoms with Crippen molar-refractivity contribution in [3.63, 3.8) is 0 Å². The van der Waals surface area contributed by atoms with Crippen molar-refractivity contribution in [3.8, 4) is 0 Å². The van der Waals surface area contributed by atoms with Crippen molar-refractivity contribution in [2.24, 2.45) is 5.92 Å². The van der Waals surface area contributed by atoms with Crippen molar-refractivity contribution < 1.29 is 9.53 Å². The van der Waals surface area contributed by atoms with Gasteiger partial charge in [0.15, 0.2) is 0 Å². The van der Waals surface area contributed by atoms with Crippen molar-refractivity contribution in [1.29, 1.82) is 0 Å². The summed E-state index contributed by atoms with van der Waals surface area (Å²) >= 11 is 3.43. The lowest BCUT2D eigenvalue weighted by Gasteiger charge is -2.41. The monoisotopic (exact) mass is 320 g/mol. The predicted octanol–water partition coefficient (Wildman–Crippen LogP) is 1.63. The SMILES string of the molecule is CC(C)C(Br)C(=O)NCC(C)(C)N1CCOCC1. The summed E-state index contributed by atoms with van der Waals surface area (Å²) in [6, 6.07) is 0. The van der Waals surface area contributed by atoms with Gasteiger partial charge in [-0.15, -0.1) is 0 Å². The number of morpholine rings is 1. The molecule has 0 saturated carbocycles. The number of halogens is 1. The van der Waals surface area contributed by atoms with Gasteiger partial charge in [0.05, 0.1) is 18.0 Å². The van der Waals surface area contributed by atoms with E-state index in [0.29, 0.717) is 12.5 Å². The van der Waals surface area contributed by atoms with Crippen LogP contribution in [0.3, 0.4) is 0 Å². The van der Waals surface area contributed by atoms with Crippen LogP contribution in [0.5, 0.6) is 0 Å². The molecule has 0 aromatic carbocycles. The molecule has 0 spiro atoms. The molecule has 18 heavy (non-hydrogen) atoms. The lowest BCUT2D eigenvalue weighted by molar-refractivity contribution is -0.121. The molecule has 0 bridgehead atoms. The highest BCUT2D eigenvalue weighted by Crippen LogP contribution is 2.16. The van der Waals surface area contributed by atoms with Crippen LogP contribution in [-0.2, 0) is 9.53 Å². The number of hydrogen-bond acceptors (Lipinski definition) is 3. The van der Waals surface area contributed by atoms with Gasteiger partial charge in [-0.1, -0.05) is 29.8 Å². The van der Waals surface area contributed by atoms with Crippen molar-refractivity contribution in [3.05, 3.63) is 0 Å². The second-order valence-electron chi connectivity index (χ2n) is 5.78. The largest absolute Gasteiger partial charge is 0.379 e. The van der Waals surface area contributed by atoms with E-state index in [1.54, 1.807) is 0 Å². The Morgan fingerprint density at radius 1 is 1.39 bits per heavy atom. The highest BCUT2D eigenvalue weighted by molar-refractivity contribution is 9.10. The number of amides is 1. The summed E-state index contributed by atoms with van der Waals surface area (Å²) in [5.74, 6) is 0.378. The van der Waals surface area contributed by atoms with E-state index in [4.69, 9.17) is 4.74 Å². The summed E-state index contributed by atoms with van der Waals surface area (Å²) in [6.07, 6.45) is 0. The number of carbonyl (C=O) groups is 1. The minimum Gasteiger partial charge on any atom is -0.379 e. The summed E-state index contributed by atoms with van der Waals surface area (Å²) in [7, 11) is 0. The predicted molar refractivity (Wildman–Crippen MR) is 77.0 cm³/mol. The topological polar surface area (TPSA) is 41.6 Å². The van der Waals surface area contributed by atoms with Gasteiger partial charge in [0.25, 0.3) is 0 Å². The first kappa shape index (κ1) is 15.9. The molecule has 1 amide bonds. The molecule has 4 nitrogen and oxygen atoms in total. The van der Waals surface area contributed by atoms with E-state index in [2.05, 4.69) is 40.0 Å². The molecular weight excluding hydrogens is 296 g/mol. The Morgan fingerprint density at radius 2 is 1.94 bits per heavy atom. The van der Waals surface area contributed by atoms with Crippen LogP contribution in [0.15, 0.2) is 0 Å². The Balaban J connectivity index is 2.43. The Labute approximate surface area is 119 Å². The third-order valence-electron chi connectivity index (χ3n) is 3.40. The van der Waals surface area contributed by atoms with E-state index in [1.807, 2.05) is 13.8 Å². The number of ether oxygens (including phenoxy) is 1. The van der Waals surface area contributed by atoms with E-state index < -0.39 is 0 Å². The normalized spacial score (nSPS) is 19.9. The molecule has 0 aromatic heterocycles. The van der Waals surface area contributed by atoms with Crippen LogP contribution < -0.4 is 5.32 Å². The summed E-state index contributed by atoms with van der Waals surface area (Å²) in [5, 5.41) is 3.03. The maximum atomic E-state index is 11.9. The minimum absolute atomic E-state index is 0.0247. The van der Waals surface area contributed by atoms with Crippen LogP contribution in [0.2, 0.25) is 0 Å². The van der Waals surface area contributed by atoms with Gasteiger partial charge < -0.3 is 10.1 Å². The first-order chi connectivity index (χ1) is 8.34. The van der Waals surface area contributed by atoms with Crippen molar-refractivity contribution in [2.45, 2.75) is 38.1 Å². The van der Waals surface area contributed by atoms with Crippen LogP contribution in [0.4, 0.5) is 0 Å². The zero-order valence-corrected chi connectivity index (χ0v) is 13.4. The second-order valence-corrected chi connectivity index (χ2v) is 6.76. The average molecular weight is 321 g/mol. The van der Waals surface area contributed by atoms with Crippen molar-refractivity contribution >= 4 is 21.8 Å². The summed E-state index contributed by atoms with van der Waals surface area (Å²) < 4.78 is 5.35. The fourth-order valence-electron chi connectivity index (χ4n) is 1.98. The molecule has 1 atom stereocenters. The molecule has 1 saturated heterocycles. The first-order valence-electron chi connectivity index (χ1n) is 6.59. The molecule has 1 aliphatic rings. The number of nitrogens with one attached hydrogen (secondary N) is 1. The van der Waals surface area contributed by atoms with Crippen LogP contribution in [-0.4, -0.2) is 54.0 Å². The van der Waals surface area contributed by atoms with E-state index in [9.17, 15) is 4.79 Å².